The number of halogens is 2. The summed E-state index contributed by atoms with van der Waals surface area (Å²) in [4.78, 5) is 4.11. The van der Waals surface area contributed by atoms with Gasteiger partial charge in [-0.1, -0.05) is 17.7 Å². The van der Waals surface area contributed by atoms with E-state index in [2.05, 4.69) is 10.3 Å². The summed E-state index contributed by atoms with van der Waals surface area (Å²) in [5.74, 6) is -0.298. The van der Waals surface area contributed by atoms with Crippen molar-refractivity contribution in [3.05, 3.63) is 58.6 Å². The van der Waals surface area contributed by atoms with Crippen LogP contribution in [0.4, 0.5) is 10.1 Å². The maximum atomic E-state index is 13.7. The number of nitrogens with zero attached hydrogens (tertiary/aromatic N) is 1. The number of rotatable bonds is 3. The summed E-state index contributed by atoms with van der Waals surface area (Å²) in [5.41, 5.74) is 2.29. The largest absolute Gasteiger partial charge is 0.378 e. The molecule has 0 aliphatic heterocycles. The Labute approximate surface area is 111 Å². The molecular weight excluding hydrogens is 251 g/mol. The molecule has 1 heterocycles. The first-order valence-corrected chi connectivity index (χ1v) is 6.09. The fourth-order valence-electron chi connectivity index (χ4n) is 1.88. The molecule has 1 N–H and O–H groups in total. The van der Waals surface area contributed by atoms with Gasteiger partial charge in [-0.05, 0) is 38.1 Å². The van der Waals surface area contributed by atoms with E-state index in [4.69, 9.17) is 11.6 Å². The van der Waals surface area contributed by atoms with E-state index in [1.54, 1.807) is 18.3 Å². The Morgan fingerprint density at radius 1 is 1.33 bits per heavy atom. The van der Waals surface area contributed by atoms with Crippen molar-refractivity contribution >= 4 is 17.3 Å². The molecule has 1 unspecified atom stereocenters. The van der Waals surface area contributed by atoms with Crippen LogP contribution in [0.5, 0.6) is 0 Å². The van der Waals surface area contributed by atoms with Gasteiger partial charge in [0.15, 0.2) is 0 Å². The molecule has 1 aromatic carbocycles. The quantitative estimate of drug-likeness (QED) is 0.891. The highest BCUT2D eigenvalue weighted by atomic mass is 35.5. The first-order valence-electron chi connectivity index (χ1n) is 5.71. The summed E-state index contributed by atoms with van der Waals surface area (Å²) in [6.45, 7) is 3.78. The molecule has 2 nitrogen and oxygen atoms in total. The van der Waals surface area contributed by atoms with Crippen molar-refractivity contribution in [2.75, 3.05) is 5.32 Å². The number of hydrogen-bond donors (Lipinski definition) is 1. The van der Waals surface area contributed by atoms with Crippen LogP contribution >= 0.6 is 11.6 Å². The Hall–Kier alpha value is -1.61. The Bertz CT molecular complexity index is 537. The molecule has 0 aliphatic rings. The molecule has 0 saturated heterocycles. The Morgan fingerprint density at radius 3 is 2.78 bits per heavy atom. The normalized spacial score (nSPS) is 12.2. The topological polar surface area (TPSA) is 24.9 Å². The highest BCUT2D eigenvalue weighted by Crippen LogP contribution is 2.28. The minimum absolute atomic E-state index is 0.208. The third-order valence-corrected chi connectivity index (χ3v) is 3.04. The highest BCUT2D eigenvalue weighted by Gasteiger charge is 2.14. The average Bonchev–Trinajstić information content (AvgIpc) is 2.28. The van der Waals surface area contributed by atoms with Gasteiger partial charge < -0.3 is 5.32 Å². The second-order valence-electron chi connectivity index (χ2n) is 4.19. The predicted octanol–water partition coefficient (Wildman–Crippen LogP) is 4.36. The summed E-state index contributed by atoms with van der Waals surface area (Å²) in [5, 5.41) is 3.65. The molecule has 0 bridgehead atoms. The van der Waals surface area contributed by atoms with Crippen LogP contribution < -0.4 is 5.32 Å². The van der Waals surface area contributed by atoms with Gasteiger partial charge in [0.2, 0.25) is 0 Å². The molecule has 2 rings (SSSR count). The molecule has 0 spiro atoms. The van der Waals surface area contributed by atoms with E-state index in [1.165, 1.54) is 6.07 Å². The molecule has 0 saturated carbocycles. The van der Waals surface area contributed by atoms with Gasteiger partial charge in [-0.15, -0.1) is 0 Å². The minimum Gasteiger partial charge on any atom is -0.378 e. The molecule has 0 amide bonds. The molecule has 0 fully saturated rings. The highest BCUT2D eigenvalue weighted by molar-refractivity contribution is 6.31. The van der Waals surface area contributed by atoms with Crippen LogP contribution in [-0.4, -0.2) is 4.98 Å². The molecule has 94 valence electrons. The van der Waals surface area contributed by atoms with Gasteiger partial charge in [-0.3, -0.25) is 4.98 Å². The van der Waals surface area contributed by atoms with Gasteiger partial charge in [0.05, 0.1) is 6.04 Å². The molecule has 2 aromatic rings. The monoisotopic (exact) mass is 264 g/mol. The summed E-state index contributed by atoms with van der Waals surface area (Å²) in [7, 11) is 0. The maximum Gasteiger partial charge on any atom is 0.129 e. The second-order valence-corrected chi connectivity index (χ2v) is 4.59. The van der Waals surface area contributed by atoms with Gasteiger partial charge in [-0.25, -0.2) is 4.39 Å². The number of aromatic nitrogens is 1. The lowest BCUT2D eigenvalue weighted by Gasteiger charge is -2.17. The number of pyridine rings is 1. The summed E-state index contributed by atoms with van der Waals surface area (Å²) in [6, 6.07) is 8.25. The second kappa shape index (κ2) is 5.36. The van der Waals surface area contributed by atoms with Crippen molar-refractivity contribution in [1.82, 2.24) is 4.98 Å². The summed E-state index contributed by atoms with van der Waals surface area (Å²) >= 11 is 6.03. The Kier molecular flexibility index (Phi) is 3.82. The van der Waals surface area contributed by atoms with Gasteiger partial charge >= 0.3 is 0 Å². The van der Waals surface area contributed by atoms with E-state index >= 15 is 0 Å². The average molecular weight is 265 g/mol. The number of anilines is 1. The Balaban J connectivity index is 2.25. The van der Waals surface area contributed by atoms with Crippen LogP contribution in [0, 0.1) is 12.7 Å². The van der Waals surface area contributed by atoms with E-state index in [0.717, 1.165) is 11.4 Å². The van der Waals surface area contributed by atoms with E-state index in [1.807, 2.05) is 26.0 Å². The van der Waals surface area contributed by atoms with Gasteiger partial charge in [0, 0.05) is 28.2 Å². The van der Waals surface area contributed by atoms with Crippen molar-refractivity contribution in [3.63, 3.8) is 0 Å². The van der Waals surface area contributed by atoms with Crippen LogP contribution in [0.2, 0.25) is 5.02 Å². The minimum atomic E-state index is -0.298. The first-order chi connectivity index (χ1) is 8.58. The van der Waals surface area contributed by atoms with Gasteiger partial charge in [0.1, 0.15) is 5.82 Å². The van der Waals surface area contributed by atoms with Crippen molar-refractivity contribution in [2.24, 2.45) is 0 Å². The lowest BCUT2D eigenvalue weighted by Crippen LogP contribution is -2.09. The van der Waals surface area contributed by atoms with E-state index in [-0.39, 0.29) is 11.9 Å². The third-order valence-electron chi connectivity index (χ3n) is 2.71. The van der Waals surface area contributed by atoms with Crippen molar-refractivity contribution in [1.29, 1.82) is 0 Å². The molecule has 1 atom stereocenters. The number of nitrogens with one attached hydrogen (secondary N) is 1. The molecule has 0 aliphatic carbocycles. The van der Waals surface area contributed by atoms with Crippen molar-refractivity contribution < 1.29 is 4.39 Å². The van der Waals surface area contributed by atoms with Crippen LogP contribution in [0.25, 0.3) is 0 Å². The van der Waals surface area contributed by atoms with E-state index < -0.39 is 0 Å². The number of aryl methyl sites for hydroxylation is 1. The first kappa shape index (κ1) is 12.8. The summed E-state index contributed by atoms with van der Waals surface area (Å²) < 4.78 is 13.7. The van der Waals surface area contributed by atoms with E-state index in [0.29, 0.717) is 10.6 Å². The number of hydrogen-bond acceptors (Lipinski definition) is 2. The maximum absolute atomic E-state index is 13.7. The predicted molar refractivity (Wildman–Crippen MR) is 72.4 cm³/mol. The molecule has 1 aromatic heterocycles. The zero-order valence-corrected chi connectivity index (χ0v) is 11.0. The lowest BCUT2D eigenvalue weighted by molar-refractivity contribution is 0.600. The Morgan fingerprint density at radius 2 is 2.11 bits per heavy atom. The molecular formula is C14H14ClFN2. The van der Waals surface area contributed by atoms with Crippen LogP contribution in [0.3, 0.4) is 0 Å². The fourth-order valence-corrected chi connectivity index (χ4v) is 2.21. The zero-order valence-electron chi connectivity index (χ0n) is 10.2. The van der Waals surface area contributed by atoms with Crippen molar-refractivity contribution in [2.45, 2.75) is 19.9 Å². The molecule has 0 radical (unpaired) electrons. The fraction of sp³-hybridized carbons (Fsp3) is 0.214. The van der Waals surface area contributed by atoms with Crippen LogP contribution in [0.15, 0.2) is 36.5 Å². The zero-order chi connectivity index (χ0) is 13.1. The molecule has 4 heteroatoms. The van der Waals surface area contributed by atoms with Crippen LogP contribution in [0.1, 0.15) is 24.2 Å². The number of benzene rings is 1. The smallest absolute Gasteiger partial charge is 0.129 e. The van der Waals surface area contributed by atoms with Gasteiger partial charge in [-0.2, -0.15) is 0 Å². The van der Waals surface area contributed by atoms with Crippen LogP contribution in [-0.2, 0) is 0 Å². The van der Waals surface area contributed by atoms with Gasteiger partial charge in [0.25, 0.3) is 0 Å². The standard InChI is InChI=1S/C14H14ClFN2/c1-9-8-11(6-7-17-9)18-10(2)14-12(15)4-3-5-13(14)16/h3-8,10H,1-2H3,(H,17,18). The van der Waals surface area contributed by atoms with Crippen molar-refractivity contribution in [3.8, 4) is 0 Å². The molecule has 18 heavy (non-hydrogen) atoms. The summed E-state index contributed by atoms with van der Waals surface area (Å²) in [6.07, 6.45) is 1.72. The third kappa shape index (κ3) is 2.79. The van der Waals surface area contributed by atoms with E-state index in [9.17, 15) is 4.39 Å². The lowest BCUT2D eigenvalue weighted by atomic mass is 10.1. The SMILES string of the molecule is Cc1cc(NC(C)c2c(F)cccc2Cl)ccn1.